The predicted molar refractivity (Wildman–Crippen MR) is 69.3 cm³/mol. The zero-order valence-electron chi connectivity index (χ0n) is 10.9. The molecule has 3 rings (SSSR count). The number of imidazole rings is 1. The summed E-state index contributed by atoms with van der Waals surface area (Å²) in [6, 6.07) is 0.499. The first-order chi connectivity index (χ1) is 8.83. The summed E-state index contributed by atoms with van der Waals surface area (Å²) in [5, 5.41) is 7.10. The van der Waals surface area contributed by atoms with E-state index in [0.717, 1.165) is 32.7 Å². The van der Waals surface area contributed by atoms with Crippen LogP contribution in [0.5, 0.6) is 0 Å². The first-order valence-corrected chi connectivity index (χ1v) is 6.89. The Morgan fingerprint density at radius 2 is 2.44 bits per heavy atom. The van der Waals surface area contributed by atoms with Gasteiger partial charge < -0.3 is 20.4 Å². The molecule has 1 aromatic rings. The maximum atomic E-state index is 5.57. The van der Waals surface area contributed by atoms with Gasteiger partial charge >= 0.3 is 0 Å². The Balaban J connectivity index is 1.42. The number of hydrogen-bond donors (Lipinski definition) is 3. The molecule has 0 aliphatic carbocycles. The van der Waals surface area contributed by atoms with E-state index >= 15 is 0 Å². The van der Waals surface area contributed by atoms with Gasteiger partial charge in [0, 0.05) is 38.7 Å². The summed E-state index contributed by atoms with van der Waals surface area (Å²) in [5.74, 6) is 0.675. The van der Waals surface area contributed by atoms with Crippen LogP contribution in [0.15, 0.2) is 6.33 Å². The van der Waals surface area contributed by atoms with Crippen molar-refractivity contribution in [1.82, 2.24) is 20.6 Å². The fourth-order valence-electron chi connectivity index (χ4n) is 2.86. The van der Waals surface area contributed by atoms with Crippen molar-refractivity contribution in [1.29, 1.82) is 0 Å². The van der Waals surface area contributed by atoms with Gasteiger partial charge in [0.1, 0.15) is 0 Å². The standard InChI is InChI=1S/C13H22N4O/c1-9-10(2-3-18-9)5-14-6-11-4-12-13(7-15-11)17-8-16-12/h8-11,14-15H,2-7H2,1H3,(H,16,17). The molecule has 0 aromatic carbocycles. The van der Waals surface area contributed by atoms with Crippen molar-refractivity contribution >= 4 is 0 Å². The van der Waals surface area contributed by atoms with Gasteiger partial charge in [-0.25, -0.2) is 4.98 Å². The van der Waals surface area contributed by atoms with Gasteiger partial charge in [-0.1, -0.05) is 0 Å². The third kappa shape index (κ3) is 2.58. The van der Waals surface area contributed by atoms with Crippen molar-refractivity contribution in [2.24, 2.45) is 5.92 Å². The molecule has 18 heavy (non-hydrogen) atoms. The fraction of sp³-hybridized carbons (Fsp3) is 0.769. The second-order valence-electron chi connectivity index (χ2n) is 5.39. The summed E-state index contributed by atoms with van der Waals surface area (Å²) in [7, 11) is 0. The molecule has 5 nitrogen and oxygen atoms in total. The smallest absolute Gasteiger partial charge is 0.0925 e. The number of fused-ring (bicyclic) bond motifs is 1. The molecule has 0 saturated carbocycles. The summed E-state index contributed by atoms with van der Waals surface area (Å²) < 4.78 is 5.57. The number of aromatic nitrogens is 2. The first kappa shape index (κ1) is 12.1. The fourth-order valence-corrected chi connectivity index (χ4v) is 2.86. The van der Waals surface area contributed by atoms with E-state index in [1.54, 1.807) is 6.33 Å². The SMILES string of the molecule is CC1OCCC1CNCC1Cc2nc[nH]c2CN1. The average molecular weight is 250 g/mol. The maximum Gasteiger partial charge on any atom is 0.0925 e. The maximum absolute atomic E-state index is 5.57. The molecule has 2 aliphatic rings. The van der Waals surface area contributed by atoms with Crippen LogP contribution in [0.4, 0.5) is 0 Å². The molecule has 0 spiro atoms. The van der Waals surface area contributed by atoms with E-state index in [-0.39, 0.29) is 0 Å². The lowest BCUT2D eigenvalue weighted by Crippen LogP contribution is -2.44. The third-order valence-electron chi connectivity index (χ3n) is 4.15. The summed E-state index contributed by atoms with van der Waals surface area (Å²) in [6.45, 7) is 6.08. The van der Waals surface area contributed by atoms with Crippen LogP contribution in [0, 0.1) is 5.92 Å². The van der Waals surface area contributed by atoms with Gasteiger partial charge in [-0.15, -0.1) is 0 Å². The zero-order valence-corrected chi connectivity index (χ0v) is 10.9. The highest BCUT2D eigenvalue weighted by Crippen LogP contribution is 2.19. The Morgan fingerprint density at radius 3 is 3.28 bits per heavy atom. The summed E-state index contributed by atoms with van der Waals surface area (Å²) >= 11 is 0. The molecule has 1 fully saturated rings. The van der Waals surface area contributed by atoms with Gasteiger partial charge in [-0.3, -0.25) is 0 Å². The summed E-state index contributed by atoms with van der Waals surface area (Å²) in [5.41, 5.74) is 2.46. The molecule has 2 aliphatic heterocycles. The number of ether oxygens (including phenoxy) is 1. The summed E-state index contributed by atoms with van der Waals surface area (Å²) in [6.07, 6.45) is 4.41. The van der Waals surface area contributed by atoms with Gasteiger partial charge in [0.15, 0.2) is 0 Å². The first-order valence-electron chi connectivity index (χ1n) is 6.89. The second kappa shape index (κ2) is 5.38. The van der Waals surface area contributed by atoms with Crippen molar-refractivity contribution in [2.45, 2.75) is 38.5 Å². The lowest BCUT2D eigenvalue weighted by molar-refractivity contribution is 0.105. The van der Waals surface area contributed by atoms with Crippen LogP contribution >= 0.6 is 0 Å². The van der Waals surface area contributed by atoms with Gasteiger partial charge in [0.25, 0.3) is 0 Å². The Bertz CT molecular complexity index is 392. The van der Waals surface area contributed by atoms with Gasteiger partial charge in [0.2, 0.25) is 0 Å². The van der Waals surface area contributed by atoms with Gasteiger partial charge in [-0.05, 0) is 19.3 Å². The molecule has 1 aromatic heterocycles. The highest BCUT2D eigenvalue weighted by molar-refractivity contribution is 5.15. The molecule has 100 valence electrons. The monoisotopic (exact) mass is 250 g/mol. The highest BCUT2D eigenvalue weighted by Gasteiger charge is 2.24. The normalized spacial score (nSPS) is 31.5. The zero-order chi connectivity index (χ0) is 12.4. The van der Waals surface area contributed by atoms with Gasteiger partial charge in [0.05, 0.1) is 23.8 Å². The molecule has 1 saturated heterocycles. The molecule has 3 unspecified atom stereocenters. The number of H-pyrrole nitrogens is 1. The number of nitrogens with zero attached hydrogens (tertiary/aromatic N) is 1. The van der Waals surface area contributed by atoms with Crippen LogP contribution in [-0.2, 0) is 17.7 Å². The Morgan fingerprint density at radius 1 is 1.50 bits per heavy atom. The largest absolute Gasteiger partial charge is 0.378 e. The minimum absolute atomic E-state index is 0.412. The minimum Gasteiger partial charge on any atom is -0.378 e. The van der Waals surface area contributed by atoms with Crippen molar-refractivity contribution in [3.8, 4) is 0 Å². The quantitative estimate of drug-likeness (QED) is 0.725. The van der Waals surface area contributed by atoms with Crippen LogP contribution in [-0.4, -0.2) is 41.8 Å². The predicted octanol–water partition coefficient (Wildman–Crippen LogP) is 0.439. The van der Waals surface area contributed by atoms with Crippen LogP contribution in [0.3, 0.4) is 0 Å². The van der Waals surface area contributed by atoms with E-state index in [2.05, 4.69) is 27.5 Å². The Labute approximate surface area is 108 Å². The van der Waals surface area contributed by atoms with E-state index in [1.807, 2.05) is 0 Å². The van der Waals surface area contributed by atoms with Crippen LogP contribution < -0.4 is 10.6 Å². The topological polar surface area (TPSA) is 62.0 Å². The van der Waals surface area contributed by atoms with E-state index < -0.39 is 0 Å². The molecule has 0 radical (unpaired) electrons. The number of hydrogen-bond acceptors (Lipinski definition) is 4. The number of aromatic amines is 1. The summed E-state index contributed by atoms with van der Waals surface area (Å²) in [4.78, 5) is 7.54. The Hall–Kier alpha value is -0.910. The molecular weight excluding hydrogens is 228 g/mol. The lowest BCUT2D eigenvalue weighted by atomic mass is 10.0. The molecule has 0 amide bonds. The second-order valence-corrected chi connectivity index (χ2v) is 5.39. The molecule has 3 atom stereocenters. The van der Waals surface area contributed by atoms with Crippen molar-refractivity contribution in [3.05, 3.63) is 17.7 Å². The van der Waals surface area contributed by atoms with Crippen LogP contribution in [0.1, 0.15) is 24.7 Å². The third-order valence-corrected chi connectivity index (χ3v) is 4.15. The lowest BCUT2D eigenvalue weighted by Gasteiger charge is -2.24. The van der Waals surface area contributed by atoms with Crippen molar-refractivity contribution in [3.63, 3.8) is 0 Å². The van der Waals surface area contributed by atoms with Crippen molar-refractivity contribution in [2.75, 3.05) is 19.7 Å². The average Bonchev–Trinajstić information content (AvgIpc) is 2.98. The molecule has 5 heteroatoms. The number of rotatable bonds is 4. The molecule has 0 bridgehead atoms. The molecular formula is C13H22N4O. The van der Waals surface area contributed by atoms with E-state index in [9.17, 15) is 0 Å². The number of nitrogens with one attached hydrogen (secondary N) is 3. The minimum atomic E-state index is 0.412. The molecule has 3 heterocycles. The Kier molecular flexibility index (Phi) is 3.63. The molecule has 3 N–H and O–H groups in total. The van der Waals surface area contributed by atoms with Crippen LogP contribution in [0.25, 0.3) is 0 Å². The van der Waals surface area contributed by atoms with E-state index in [1.165, 1.54) is 17.8 Å². The van der Waals surface area contributed by atoms with Gasteiger partial charge in [-0.2, -0.15) is 0 Å². The van der Waals surface area contributed by atoms with E-state index in [0.29, 0.717) is 18.1 Å². The highest BCUT2D eigenvalue weighted by atomic mass is 16.5. The van der Waals surface area contributed by atoms with Crippen molar-refractivity contribution < 1.29 is 4.74 Å². The van der Waals surface area contributed by atoms with Crippen LogP contribution in [0.2, 0.25) is 0 Å². The van der Waals surface area contributed by atoms with E-state index in [4.69, 9.17) is 4.74 Å².